The van der Waals surface area contributed by atoms with E-state index in [2.05, 4.69) is 25.1 Å². The average Bonchev–Trinajstić information content (AvgIpc) is 3.59. The highest BCUT2D eigenvalue weighted by atomic mass is 16.6. The van der Waals surface area contributed by atoms with Crippen LogP contribution in [-0.4, -0.2) is 42.3 Å². The molecule has 3 fully saturated rings. The lowest BCUT2D eigenvalue weighted by molar-refractivity contribution is -0.149. The minimum atomic E-state index is -0.191. The molecule has 8 heteroatoms. The molecule has 0 saturated heterocycles. The second kappa shape index (κ2) is 11.3. The van der Waals surface area contributed by atoms with Crippen molar-refractivity contribution in [2.24, 2.45) is 34.5 Å². The molecular weight excluding hydrogens is 558 g/mol. The van der Waals surface area contributed by atoms with Gasteiger partial charge < -0.3 is 23.5 Å². The number of ketones is 1. The quantitative estimate of drug-likeness (QED) is 0.251. The van der Waals surface area contributed by atoms with E-state index in [1.54, 1.807) is 6.92 Å². The van der Waals surface area contributed by atoms with Crippen molar-refractivity contribution in [2.45, 2.75) is 97.4 Å². The normalized spacial score (nSPS) is 37.3. The van der Waals surface area contributed by atoms with Crippen LogP contribution in [0.4, 0.5) is 0 Å². The van der Waals surface area contributed by atoms with Crippen LogP contribution >= 0.6 is 0 Å². The number of hydrogen-bond donors (Lipinski definition) is 0. The summed E-state index contributed by atoms with van der Waals surface area (Å²) in [7, 11) is 0. The predicted octanol–water partition coefficient (Wildman–Crippen LogP) is 6.82. The minimum absolute atomic E-state index is 0.000713. The van der Waals surface area contributed by atoms with Gasteiger partial charge in [0.1, 0.15) is 25.1 Å². The summed E-state index contributed by atoms with van der Waals surface area (Å²) in [5.41, 5.74) is 2.44. The average molecular weight is 604 g/mol. The summed E-state index contributed by atoms with van der Waals surface area (Å²) in [5, 5.41) is 4.51. The van der Waals surface area contributed by atoms with E-state index < -0.39 is 0 Å². The fourth-order valence-electron chi connectivity index (χ4n) is 10.1. The van der Waals surface area contributed by atoms with Gasteiger partial charge in [0.15, 0.2) is 23.4 Å². The Morgan fingerprint density at radius 1 is 1.07 bits per heavy atom. The number of fused-ring (bicyclic) bond motifs is 6. The monoisotopic (exact) mass is 603 g/mol. The Hall–Kier alpha value is -3.13. The molecule has 236 valence electrons. The van der Waals surface area contributed by atoms with Gasteiger partial charge in [-0.2, -0.15) is 0 Å². The first-order chi connectivity index (χ1) is 21.2. The van der Waals surface area contributed by atoms with E-state index in [4.69, 9.17) is 23.5 Å². The number of ether oxygens (including phenoxy) is 4. The number of esters is 1. The summed E-state index contributed by atoms with van der Waals surface area (Å²) in [6, 6.07) is 9.66. The van der Waals surface area contributed by atoms with Gasteiger partial charge in [-0.05, 0) is 86.2 Å². The number of Topliss-reactive ketones (excluding diaryl/α,β-unsaturated/α-hetero) is 1. The summed E-state index contributed by atoms with van der Waals surface area (Å²) >= 11 is 0. The topological polar surface area (TPSA) is 97.1 Å². The zero-order valence-electron chi connectivity index (χ0n) is 26.4. The van der Waals surface area contributed by atoms with E-state index in [9.17, 15) is 9.59 Å². The number of nitrogens with zero attached hydrogens (tertiary/aromatic N) is 1. The number of para-hydroxylation sites is 2. The first kappa shape index (κ1) is 29.6. The molecule has 9 atom stereocenters. The highest BCUT2D eigenvalue weighted by molar-refractivity contribution is 5.81. The van der Waals surface area contributed by atoms with Crippen LogP contribution in [0.3, 0.4) is 0 Å². The van der Waals surface area contributed by atoms with Crippen molar-refractivity contribution in [1.82, 2.24) is 5.16 Å². The molecule has 0 spiro atoms. The van der Waals surface area contributed by atoms with Crippen molar-refractivity contribution < 1.29 is 33.1 Å². The lowest BCUT2D eigenvalue weighted by Crippen LogP contribution is -2.51. The molecule has 2 heterocycles. The second-order valence-electron chi connectivity index (χ2n) is 14.4. The summed E-state index contributed by atoms with van der Waals surface area (Å²) in [4.78, 5) is 25.0. The molecule has 4 aliphatic carbocycles. The van der Waals surface area contributed by atoms with E-state index in [1.807, 2.05) is 30.3 Å². The van der Waals surface area contributed by atoms with Gasteiger partial charge in [-0.25, -0.2) is 0 Å². The molecule has 7 rings (SSSR count). The van der Waals surface area contributed by atoms with Crippen LogP contribution in [0.1, 0.15) is 90.0 Å². The van der Waals surface area contributed by atoms with Crippen molar-refractivity contribution in [3.05, 3.63) is 53.4 Å². The summed E-state index contributed by atoms with van der Waals surface area (Å²) in [5.74, 6) is 3.78. The molecule has 2 aromatic rings. The van der Waals surface area contributed by atoms with Gasteiger partial charge in [0.25, 0.3) is 0 Å². The number of benzene rings is 1. The number of rotatable bonds is 7. The van der Waals surface area contributed by atoms with Crippen LogP contribution in [0.25, 0.3) is 0 Å². The maximum absolute atomic E-state index is 13.3. The standard InChI is InChI=1S/C36H45NO7/c1-21(38)34-28(31-16-25(44-37-31)18-40-19-26-20-41-32-7-5-6-8-33(32)43-26)17-30-27-10-9-23-15-24(42-22(2)39)11-13-35(23,3)29(27)12-14-36(30,34)4/h5-9,16,24,26-30,34H,10-15,17-20H2,1-4H3/t24-,26?,27+,28-,29-,30-,34-,35-,36-/m0/s1. The van der Waals surface area contributed by atoms with Crippen molar-refractivity contribution >= 4 is 11.8 Å². The van der Waals surface area contributed by atoms with Gasteiger partial charge in [0.2, 0.25) is 0 Å². The van der Waals surface area contributed by atoms with Crippen LogP contribution in [-0.2, 0) is 25.7 Å². The van der Waals surface area contributed by atoms with Gasteiger partial charge in [-0.3, -0.25) is 9.59 Å². The third-order valence-corrected chi connectivity index (χ3v) is 12.0. The third-order valence-electron chi connectivity index (χ3n) is 12.0. The lowest BCUT2D eigenvalue weighted by atomic mass is 9.47. The highest BCUT2D eigenvalue weighted by Crippen LogP contribution is 2.68. The number of carbonyl (C=O) groups excluding carboxylic acids is 2. The summed E-state index contributed by atoms with van der Waals surface area (Å²) in [6.45, 7) is 9.20. The lowest BCUT2D eigenvalue weighted by Gasteiger charge is -2.58. The maximum atomic E-state index is 13.3. The number of aromatic nitrogens is 1. The van der Waals surface area contributed by atoms with Gasteiger partial charge in [-0.15, -0.1) is 0 Å². The van der Waals surface area contributed by atoms with E-state index in [-0.39, 0.29) is 53.2 Å². The molecule has 1 aliphatic heterocycles. The van der Waals surface area contributed by atoms with E-state index in [1.165, 1.54) is 12.5 Å². The van der Waals surface area contributed by atoms with Gasteiger partial charge in [-0.1, -0.05) is 42.8 Å². The molecule has 5 aliphatic rings. The van der Waals surface area contributed by atoms with Crippen LogP contribution in [0.5, 0.6) is 11.5 Å². The highest BCUT2D eigenvalue weighted by Gasteiger charge is 2.62. The molecule has 0 radical (unpaired) electrons. The van der Waals surface area contributed by atoms with Crippen molar-refractivity contribution in [1.29, 1.82) is 0 Å². The second-order valence-corrected chi connectivity index (χ2v) is 14.4. The SMILES string of the molecule is CC(=O)O[C@H]1CC[C@@]2(C)C(=CC[C@H]3[C@@H]4C[C@@H](c5cc(COCC6COc7ccccc7O6)on5)[C@H](C(C)=O)[C@@]4(C)CC[C@@H]32)C1. The Morgan fingerprint density at radius 3 is 2.68 bits per heavy atom. The zero-order valence-corrected chi connectivity index (χ0v) is 26.4. The van der Waals surface area contributed by atoms with E-state index in [0.29, 0.717) is 36.7 Å². The smallest absolute Gasteiger partial charge is 0.302 e. The van der Waals surface area contributed by atoms with E-state index in [0.717, 1.165) is 62.1 Å². The molecule has 1 unspecified atom stereocenters. The molecule has 8 nitrogen and oxygen atoms in total. The Kier molecular flexibility index (Phi) is 7.62. The van der Waals surface area contributed by atoms with Gasteiger partial charge >= 0.3 is 5.97 Å². The van der Waals surface area contributed by atoms with Gasteiger partial charge in [0, 0.05) is 31.2 Å². The van der Waals surface area contributed by atoms with E-state index >= 15 is 0 Å². The van der Waals surface area contributed by atoms with Crippen molar-refractivity contribution in [3.63, 3.8) is 0 Å². The molecule has 0 amide bonds. The van der Waals surface area contributed by atoms with Gasteiger partial charge in [0.05, 0.1) is 12.3 Å². The minimum Gasteiger partial charge on any atom is -0.486 e. The molecular formula is C36H45NO7. The molecule has 0 N–H and O–H groups in total. The first-order valence-corrected chi connectivity index (χ1v) is 16.4. The summed E-state index contributed by atoms with van der Waals surface area (Å²) in [6.07, 6.45) is 9.29. The largest absolute Gasteiger partial charge is 0.486 e. The third kappa shape index (κ3) is 5.07. The Balaban J connectivity index is 1.04. The fraction of sp³-hybridized carbons (Fsp3) is 0.639. The Bertz CT molecular complexity index is 1450. The molecule has 3 saturated carbocycles. The first-order valence-electron chi connectivity index (χ1n) is 16.4. The van der Waals surface area contributed by atoms with Crippen LogP contribution in [0.2, 0.25) is 0 Å². The number of carbonyl (C=O) groups is 2. The maximum Gasteiger partial charge on any atom is 0.302 e. The number of hydrogen-bond acceptors (Lipinski definition) is 8. The van der Waals surface area contributed by atoms with Crippen molar-refractivity contribution in [3.8, 4) is 11.5 Å². The van der Waals surface area contributed by atoms with Crippen LogP contribution in [0.15, 0.2) is 46.5 Å². The predicted molar refractivity (Wildman–Crippen MR) is 162 cm³/mol. The Labute approximate surface area is 259 Å². The Morgan fingerprint density at radius 2 is 1.89 bits per heavy atom. The van der Waals surface area contributed by atoms with Crippen molar-refractivity contribution in [2.75, 3.05) is 13.2 Å². The van der Waals surface area contributed by atoms with Crippen LogP contribution < -0.4 is 9.47 Å². The fourth-order valence-corrected chi connectivity index (χ4v) is 10.1. The zero-order chi connectivity index (χ0) is 30.6. The summed E-state index contributed by atoms with van der Waals surface area (Å²) < 4.78 is 29.2. The molecule has 44 heavy (non-hydrogen) atoms. The van der Waals surface area contributed by atoms with Crippen LogP contribution in [0, 0.1) is 34.5 Å². The number of allylic oxidation sites excluding steroid dienone is 1. The molecule has 0 bridgehead atoms. The molecule has 1 aromatic carbocycles. The molecule has 1 aromatic heterocycles.